The van der Waals surface area contributed by atoms with Gasteiger partial charge < -0.3 is 24.4 Å². The number of hydrogen-bond donors (Lipinski definition) is 1. The lowest BCUT2D eigenvalue weighted by atomic mass is 10.1. The number of piperazine rings is 1. The number of urea groups is 1. The quantitative estimate of drug-likeness (QED) is 0.433. The van der Waals surface area contributed by atoms with Gasteiger partial charge in [-0.15, -0.1) is 0 Å². The van der Waals surface area contributed by atoms with E-state index in [2.05, 4.69) is 16.3 Å². The molecule has 0 spiro atoms. The number of hydrogen-bond acceptors (Lipinski definition) is 6. The summed E-state index contributed by atoms with van der Waals surface area (Å²) < 4.78 is 17.2. The van der Waals surface area contributed by atoms with Gasteiger partial charge in [0.25, 0.3) is 0 Å². The molecule has 1 unspecified atom stereocenters. The number of benzene rings is 3. The summed E-state index contributed by atoms with van der Waals surface area (Å²) in [4.78, 5) is 17.0. The summed E-state index contributed by atoms with van der Waals surface area (Å²) in [5.74, 6) is 1.55. The Hall–Kier alpha value is -4.06. The van der Waals surface area contributed by atoms with Gasteiger partial charge in [-0.1, -0.05) is 42.5 Å². The lowest BCUT2D eigenvalue weighted by Crippen LogP contribution is -2.52. The van der Waals surface area contributed by atoms with Gasteiger partial charge in [-0.3, -0.25) is 4.90 Å². The first-order valence-corrected chi connectivity index (χ1v) is 12.7. The molecule has 0 aromatic heterocycles. The molecule has 38 heavy (non-hydrogen) atoms. The minimum absolute atomic E-state index is 0.0723. The highest BCUT2D eigenvalue weighted by molar-refractivity contribution is 5.74. The molecule has 1 aliphatic heterocycles. The maximum Gasteiger partial charge on any atom is 0.317 e. The van der Waals surface area contributed by atoms with Crippen molar-refractivity contribution in [3.05, 3.63) is 95.1 Å². The van der Waals surface area contributed by atoms with Gasteiger partial charge in [0.1, 0.15) is 11.5 Å². The van der Waals surface area contributed by atoms with Crippen LogP contribution < -0.4 is 14.8 Å². The molecule has 8 nitrogen and oxygen atoms in total. The molecule has 1 fully saturated rings. The topological polar surface area (TPSA) is 87.1 Å². The highest BCUT2D eigenvalue weighted by Gasteiger charge is 2.24. The van der Waals surface area contributed by atoms with Crippen molar-refractivity contribution in [2.45, 2.75) is 19.3 Å². The van der Waals surface area contributed by atoms with Crippen LogP contribution in [0.4, 0.5) is 4.79 Å². The maximum absolute atomic E-state index is 12.8. The summed E-state index contributed by atoms with van der Waals surface area (Å²) in [6.07, 6.45) is -0.174. The predicted molar refractivity (Wildman–Crippen MR) is 145 cm³/mol. The fraction of sp³-hybridized carbons (Fsp3) is 0.333. The molecule has 1 aliphatic rings. The minimum atomic E-state index is -0.174. The molecule has 1 heterocycles. The summed E-state index contributed by atoms with van der Waals surface area (Å²) >= 11 is 0. The van der Waals surface area contributed by atoms with Crippen molar-refractivity contribution in [2.75, 3.05) is 46.9 Å². The second-order valence-electron chi connectivity index (χ2n) is 9.14. The Morgan fingerprint density at radius 2 is 1.74 bits per heavy atom. The van der Waals surface area contributed by atoms with Crippen LogP contribution in [0, 0.1) is 11.3 Å². The average Bonchev–Trinajstić information content (AvgIpc) is 2.98. The highest BCUT2D eigenvalue weighted by Crippen LogP contribution is 2.25. The number of para-hydroxylation sites is 1. The number of methoxy groups -OCH3 is 2. The lowest BCUT2D eigenvalue weighted by molar-refractivity contribution is 0.00546. The van der Waals surface area contributed by atoms with Crippen LogP contribution in [0.2, 0.25) is 0 Å². The van der Waals surface area contributed by atoms with E-state index in [4.69, 9.17) is 19.5 Å². The third kappa shape index (κ3) is 7.25. The van der Waals surface area contributed by atoms with Gasteiger partial charge >= 0.3 is 6.03 Å². The van der Waals surface area contributed by atoms with Gasteiger partial charge in [0.05, 0.1) is 38.6 Å². The van der Waals surface area contributed by atoms with Crippen LogP contribution in [-0.2, 0) is 17.9 Å². The Bertz CT molecular complexity index is 1230. The predicted octanol–water partition coefficient (Wildman–Crippen LogP) is 4.36. The second-order valence-corrected chi connectivity index (χ2v) is 9.14. The Morgan fingerprint density at radius 1 is 0.974 bits per heavy atom. The highest BCUT2D eigenvalue weighted by atomic mass is 16.5. The Morgan fingerprint density at radius 3 is 2.45 bits per heavy atom. The molecule has 3 aromatic rings. The van der Waals surface area contributed by atoms with Crippen LogP contribution in [0.15, 0.2) is 72.8 Å². The van der Waals surface area contributed by atoms with Crippen LogP contribution in [0.25, 0.3) is 0 Å². The van der Waals surface area contributed by atoms with Crippen molar-refractivity contribution in [1.82, 2.24) is 15.1 Å². The number of amides is 2. The molecule has 0 radical (unpaired) electrons. The van der Waals surface area contributed by atoms with Gasteiger partial charge in [-0.25, -0.2) is 4.79 Å². The zero-order valence-electron chi connectivity index (χ0n) is 21.9. The first-order chi connectivity index (χ1) is 18.6. The van der Waals surface area contributed by atoms with Crippen molar-refractivity contribution in [3.8, 4) is 17.6 Å². The van der Waals surface area contributed by atoms with E-state index in [1.807, 2.05) is 65.6 Å². The second kappa shape index (κ2) is 13.5. The summed E-state index contributed by atoms with van der Waals surface area (Å²) in [5, 5.41) is 12.1. The fourth-order valence-electron chi connectivity index (χ4n) is 4.47. The van der Waals surface area contributed by atoms with Gasteiger partial charge in [0, 0.05) is 44.8 Å². The molecular formula is C30H34N4O4. The summed E-state index contributed by atoms with van der Waals surface area (Å²) in [6.45, 7) is 4.32. The molecule has 0 aliphatic carbocycles. The van der Waals surface area contributed by atoms with Crippen molar-refractivity contribution in [3.63, 3.8) is 0 Å². The number of nitriles is 1. The lowest BCUT2D eigenvalue weighted by Gasteiger charge is -2.36. The van der Waals surface area contributed by atoms with Gasteiger partial charge in [0.2, 0.25) is 0 Å². The summed E-state index contributed by atoms with van der Waals surface area (Å²) in [5.41, 5.74) is 3.62. The zero-order chi connectivity index (χ0) is 26.7. The van der Waals surface area contributed by atoms with Crippen LogP contribution in [0.3, 0.4) is 0 Å². The number of rotatable bonds is 10. The van der Waals surface area contributed by atoms with E-state index < -0.39 is 0 Å². The van der Waals surface area contributed by atoms with E-state index in [-0.39, 0.29) is 12.1 Å². The van der Waals surface area contributed by atoms with Crippen molar-refractivity contribution < 1.29 is 19.0 Å². The molecule has 4 rings (SSSR count). The van der Waals surface area contributed by atoms with Crippen LogP contribution in [0.5, 0.6) is 11.5 Å². The molecule has 8 heteroatoms. The van der Waals surface area contributed by atoms with E-state index in [1.54, 1.807) is 26.4 Å². The van der Waals surface area contributed by atoms with E-state index >= 15 is 0 Å². The van der Waals surface area contributed by atoms with E-state index in [0.717, 1.165) is 41.3 Å². The molecular weight excluding hydrogens is 480 g/mol. The van der Waals surface area contributed by atoms with Crippen LogP contribution in [-0.4, -0.2) is 62.8 Å². The average molecular weight is 515 g/mol. The van der Waals surface area contributed by atoms with Gasteiger partial charge in [-0.2, -0.15) is 5.26 Å². The largest absolute Gasteiger partial charge is 0.497 e. The first-order valence-electron chi connectivity index (χ1n) is 12.7. The number of ether oxygens (including phenoxy) is 3. The Kier molecular flexibility index (Phi) is 9.57. The Balaban J connectivity index is 1.34. The SMILES string of the molecule is COc1cccc(C(CN2CCN(C(=O)NCc3ccccc3OC)CC2)OCc2ccc(C#N)cc2)c1. The number of nitrogens with one attached hydrogen (secondary N) is 1. The van der Waals surface area contributed by atoms with Gasteiger partial charge in [-0.05, 0) is 41.5 Å². The molecule has 1 N–H and O–H groups in total. The monoisotopic (exact) mass is 514 g/mol. The summed E-state index contributed by atoms with van der Waals surface area (Å²) in [6, 6.07) is 25.2. The van der Waals surface area contributed by atoms with E-state index in [9.17, 15) is 4.79 Å². The van der Waals surface area contributed by atoms with E-state index in [1.165, 1.54) is 0 Å². The molecule has 2 amide bonds. The normalized spacial score (nSPS) is 14.4. The smallest absolute Gasteiger partial charge is 0.317 e. The minimum Gasteiger partial charge on any atom is -0.497 e. The molecule has 1 saturated heterocycles. The van der Waals surface area contributed by atoms with Crippen molar-refractivity contribution >= 4 is 6.03 Å². The standard InChI is InChI=1S/C30H34N4O4/c1-36-27-8-5-7-25(18-27)29(38-22-24-12-10-23(19-31)11-13-24)21-33-14-16-34(17-15-33)30(35)32-20-26-6-3-4-9-28(26)37-2/h3-13,18,29H,14-17,20-22H2,1-2H3,(H,32,35). The Labute approximate surface area is 224 Å². The molecule has 0 bridgehead atoms. The number of nitrogens with zero attached hydrogens (tertiary/aromatic N) is 3. The van der Waals surface area contributed by atoms with E-state index in [0.29, 0.717) is 38.3 Å². The van der Waals surface area contributed by atoms with Crippen molar-refractivity contribution in [1.29, 1.82) is 5.26 Å². The first kappa shape index (κ1) is 27.0. The molecule has 0 saturated carbocycles. The molecule has 3 aromatic carbocycles. The van der Waals surface area contributed by atoms with Gasteiger partial charge in [0.15, 0.2) is 0 Å². The fourth-order valence-corrected chi connectivity index (χ4v) is 4.47. The maximum atomic E-state index is 12.8. The van der Waals surface area contributed by atoms with Crippen LogP contribution >= 0.6 is 0 Å². The van der Waals surface area contributed by atoms with Crippen molar-refractivity contribution in [2.24, 2.45) is 0 Å². The number of carbonyl (C=O) groups excluding carboxylic acids is 1. The molecule has 198 valence electrons. The van der Waals surface area contributed by atoms with Crippen LogP contribution in [0.1, 0.15) is 28.4 Å². The third-order valence-corrected chi connectivity index (χ3v) is 6.71. The third-order valence-electron chi connectivity index (χ3n) is 6.71. The number of carbonyl (C=O) groups is 1. The molecule has 1 atom stereocenters. The zero-order valence-corrected chi connectivity index (χ0v) is 21.9. The summed E-state index contributed by atoms with van der Waals surface area (Å²) in [7, 11) is 3.29.